The van der Waals surface area contributed by atoms with Gasteiger partial charge in [-0.15, -0.1) is 0 Å². The number of aromatic nitrogens is 3. The normalized spacial score (nSPS) is 13.9. The van der Waals surface area contributed by atoms with Gasteiger partial charge in [-0.05, 0) is 34.9 Å². The van der Waals surface area contributed by atoms with Crippen LogP contribution in [0.3, 0.4) is 0 Å². The van der Waals surface area contributed by atoms with E-state index in [2.05, 4.69) is 46.3 Å². The number of pyridine rings is 1. The molecule has 0 atom stereocenters. The Balaban J connectivity index is 1.57. The minimum absolute atomic E-state index is 0.421. The van der Waals surface area contributed by atoms with E-state index in [0.717, 1.165) is 41.2 Å². The molecule has 0 amide bonds. The molecule has 208 valence electrons. The molecule has 6 aromatic rings. The Kier molecular flexibility index (Phi) is 6.64. The molecule has 7 rings (SSSR count). The van der Waals surface area contributed by atoms with Gasteiger partial charge in [0.15, 0.2) is 11.6 Å². The standard InChI is InChI=1S/C35H29FN4O2/c36-30-24-31-29(23-32(30)41)34(25-16-17-37-33(22-25)39-18-20-42-21-19-39)38-40(31)35(26-10-4-1-5-11-26,27-12-6-2-7-13-27)28-14-8-3-9-15-28/h1-17,22-24,41H,18-21H2. The molecule has 1 saturated heterocycles. The van der Waals surface area contributed by atoms with E-state index < -0.39 is 17.1 Å². The van der Waals surface area contributed by atoms with Crippen molar-refractivity contribution in [3.63, 3.8) is 0 Å². The molecule has 0 spiro atoms. The van der Waals surface area contributed by atoms with Gasteiger partial charge in [0.25, 0.3) is 0 Å². The highest BCUT2D eigenvalue weighted by molar-refractivity contribution is 5.95. The van der Waals surface area contributed by atoms with Crippen molar-refractivity contribution in [1.29, 1.82) is 0 Å². The lowest BCUT2D eigenvalue weighted by Crippen LogP contribution is -2.38. The molecule has 2 aromatic heterocycles. The lowest BCUT2D eigenvalue weighted by Gasteiger charge is -2.37. The number of aromatic hydroxyl groups is 1. The van der Waals surface area contributed by atoms with E-state index in [1.165, 1.54) is 12.1 Å². The minimum atomic E-state index is -0.955. The van der Waals surface area contributed by atoms with Crippen LogP contribution in [0.4, 0.5) is 10.2 Å². The molecule has 1 N–H and O–H groups in total. The molecule has 1 aliphatic heterocycles. The van der Waals surface area contributed by atoms with Gasteiger partial charge in [0, 0.05) is 36.3 Å². The number of phenols is 1. The van der Waals surface area contributed by atoms with Crippen molar-refractivity contribution >= 4 is 16.7 Å². The number of rotatable bonds is 6. The first-order valence-corrected chi connectivity index (χ1v) is 14.0. The average molecular weight is 557 g/mol. The van der Waals surface area contributed by atoms with Crippen molar-refractivity contribution in [2.75, 3.05) is 31.2 Å². The molecule has 1 aliphatic rings. The first kappa shape index (κ1) is 25.9. The summed E-state index contributed by atoms with van der Waals surface area (Å²) < 4.78 is 22.7. The van der Waals surface area contributed by atoms with E-state index in [1.807, 2.05) is 71.4 Å². The molecule has 1 fully saturated rings. The summed E-state index contributed by atoms with van der Waals surface area (Å²) in [5.74, 6) is -0.303. The topological polar surface area (TPSA) is 63.4 Å². The number of fused-ring (bicyclic) bond motifs is 1. The lowest BCUT2D eigenvalue weighted by atomic mass is 9.77. The van der Waals surface area contributed by atoms with Gasteiger partial charge >= 0.3 is 0 Å². The van der Waals surface area contributed by atoms with Crippen LogP contribution in [0, 0.1) is 5.82 Å². The molecule has 4 aromatic carbocycles. The fourth-order valence-electron chi connectivity index (χ4n) is 6.03. The number of phenolic OH excluding ortho intramolecular Hbond substituents is 1. The van der Waals surface area contributed by atoms with E-state index in [4.69, 9.17) is 9.84 Å². The molecule has 6 nitrogen and oxygen atoms in total. The number of anilines is 1. The highest BCUT2D eigenvalue weighted by Crippen LogP contribution is 2.44. The summed E-state index contributed by atoms with van der Waals surface area (Å²) in [6.45, 7) is 2.78. The maximum Gasteiger partial charge on any atom is 0.166 e. The van der Waals surface area contributed by atoms with Crippen LogP contribution in [0.25, 0.3) is 22.2 Å². The van der Waals surface area contributed by atoms with Crippen molar-refractivity contribution < 1.29 is 14.2 Å². The van der Waals surface area contributed by atoms with Gasteiger partial charge in [0.2, 0.25) is 0 Å². The number of benzene rings is 4. The van der Waals surface area contributed by atoms with Crippen LogP contribution >= 0.6 is 0 Å². The molecule has 0 radical (unpaired) electrons. The number of morpholine rings is 1. The van der Waals surface area contributed by atoms with Gasteiger partial charge in [-0.2, -0.15) is 5.10 Å². The predicted octanol–water partition coefficient (Wildman–Crippen LogP) is 6.62. The lowest BCUT2D eigenvalue weighted by molar-refractivity contribution is 0.122. The second-order valence-electron chi connectivity index (χ2n) is 10.4. The molecule has 0 aliphatic carbocycles. The summed E-state index contributed by atoms with van der Waals surface area (Å²) in [4.78, 5) is 6.81. The first-order chi connectivity index (χ1) is 20.7. The number of hydrogen-bond donors (Lipinski definition) is 1. The zero-order valence-electron chi connectivity index (χ0n) is 22.9. The summed E-state index contributed by atoms with van der Waals surface area (Å²) in [5, 5.41) is 16.5. The maximum absolute atomic E-state index is 15.2. The second-order valence-corrected chi connectivity index (χ2v) is 10.4. The van der Waals surface area contributed by atoms with E-state index in [0.29, 0.717) is 29.8 Å². The van der Waals surface area contributed by atoms with Crippen molar-refractivity contribution in [1.82, 2.24) is 14.8 Å². The van der Waals surface area contributed by atoms with Crippen LogP contribution < -0.4 is 4.90 Å². The van der Waals surface area contributed by atoms with Crippen LogP contribution in [-0.2, 0) is 10.3 Å². The van der Waals surface area contributed by atoms with Crippen LogP contribution in [0.2, 0.25) is 0 Å². The number of halogens is 1. The fourth-order valence-corrected chi connectivity index (χ4v) is 6.03. The van der Waals surface area contributed by atoms with Gasteiger partial charge in [0.05, 0.1) is 18.7 Å². The van der Waals surface area contributed by atoms with E-state index >= 15 is 4.39 Å². The average Bonchev–Trinajstić information content (AvgIpc) is 3.42. The fraction of sp³-hybridized carbons (Fsp3) is 0.143. The van der Waals surface area contributed by atoms with Crippen molar-refractivity contribution in [2.24, 2.45) is 0 Å². The van der Waals surface area contributed by atoms with Crippen molar-refractivity contribution in [3.8, 4) is 17.0 Å². The summed E-state index contributed by atoms with van der Waals surface area (Å²) >= 11 is 0. The highest BCUT2D eigenvalue weighted by Gasteiger charge is 2.41. The molecular weight excluding hydrogens is 527 g/mol. The third-order valence-electron chi connectivity index (χ3n) is 7.99. The van der Waals surface area contributed by atoms with E-state index in [-0.39, 0.29) is 0 Å². The Morgan fingerprint density at radius 1 is 0.738 bits per heavy atom. The molecular formula is C35H29FN4O2. The zero-order chi connectivity index (χ0) is 28.5. The van der Waals surface area contributed by atoms with Crippen LogP contribution in [0.5, 0.6) is 5.75 Å². The Morgan fingerprint density at radius 2 is 1.31 bits per heavy atom. The molecule has 42 heavy (non-hydrogen) atoms. The quantitative estimate of drug-likeness (QED) is 0.234. The monoisotopic (exact) mass is 556 g/mol. The summed E-state index contributed by atoms with van der Waals surface area (Å²) in [5.41, 5.74) is 3.96. The number of hydrogen-bond acceptors (Lipinski definition) is 5. The zero-order valence-corrected chi connectivity index (χ0v) is 22.9. The summed E-state index contributed by atoms with van der Waals surface area (Å²) in [7, 11) is 0. The Morgan fingerprint density at radius 3 is 1.88 bits per heavy atom. The molecule has 0 unspecified atom stereocenters. The van der Waals surface area contributed by atoms with E-state index in [9.17, 15) is 5.11 Å². The molecule has 7 heteroatoms. The van der Waals surface area contributed by atoms with Gasteiger partial charge in [-0.1, -0.05) is 91.0 Å². The molecule has 0 bridgehead atoms. The Hall–Kier alpha value is -5.01. The third kappa shape index (κ3) is 4.30. The second kappa shape index (κ2) is 10.8. The maximum atomic E-state index is 15.2. The molecule has 0 saturated carbocycles. The van der Waals surface area contributed by atoms with E-state index in [1.54, 1.807) is 6.20 Å². The Labute approximate surface area is 243 Å². The van der Waals surface area contributed by atoms with Gasteiger partial charge in [-0.3, -0.25) is 0 Å². The predicted molar refractivity (Wildman–Crippen MR) is 162 cm³/mol. The third-order valence-corrected chi connectivity index (χ3v) is 7.99. The number of nitrogens with zero attached hydrogens (tertiary/aromatic N) is 4. The van der Waals surface area contributed by atoms with Crippen LogP contribution in [-0.4, -0.2) is 46.2 Å². The molecule has 3 heterocycles. The SMILES string of the molecule is Oc1cc2c(-c3ccnc(N4CCOCC4)c3)nn(C(c3ccccc3)(c3ccccc3)c3ccccc3)c2cc1F. The summed E-state index contributed by atoms with van der Waals surface area (Å²) in [6, 6.07) is 37.2. The van der Waals surface area contributed by atoms with Crippen molar-refractivity contribution in [3.05, 3.63) is 144 Å². The van der Waals surface area contributed by atoms with Gasteiger partial charge in [-0.25, -0.2) is 14.1 Å². The smallest absolute Gasteiger partial charge is 0.166 e. The van der Waals surface area contributed by atoms with Crippen molar-refractivity contribution in [2.45, 2.75) is 5.54 Å². The van der Waals surface area contributed by atoms with Crippen LogP contribution in [0.15, 0.2) is 121 Å². The first-order valence-electron chi connectivity index (χ1n) is 14.0. The number of ether oxygens (including phenoxy) is 1. The summed E-state index contributed by atoms with van der Waals surface area (Å²) in [6.07, 6.45) is 1.77. The Bertz CT molecular complexity index is 1740. The highest BCUT2D eigenvalue weighted by atomic mass is 19.1. The van der Waals surface area contributed by atoms with Crippen LogP contribution in [0.1, 0.15) is 16.7 Å². The largest absolute Gasteiger partial charge is 0.505 e. The minimum Gasteiger partial charge on any atom is -0.505 e. The van der Waals surface area contributed by atoms with Gasteiger partial charge in [0.1, 0.15) is 17.1 Å². The van der Waals surface area contributed by atoms with Gasteiger partial charge < -0.3 is 14.7 Å².